The van der Waals surface area contributed by atoms with Gasteiger partial charge in [-0.3, -0.25) is 4.98 Å². The Morgan fingerprint density at radius 2 is 2.17 bits per heavy atom. The molecule has 0 amide bonds. The molecule has 1 N–H and O–H groups in total. The zero-order chi connectivity index (χ0) is 9.19. The first-order valence-corrected chi connectivity index (χ1v) is 3.62. The van der Waals surface area contributed by atoms with E-state index in [9.17, 15) is 5.11 Å². The Kier molecular flexibility index (Phi) is 2.11. The summed E-state index contributed by atoms with van der Waals surface area (Å²) in [7, 11) is 0. The molecule has 0 aliphatic carbocycles. The van der Waals surface area contributed by atoms with Gasteiger partial charge in [0.15, 0.2) is 0 Å². The van der Waals surface area contributed by atoms with E-state index in [2.05, 4.69) is 4.98 Å². The number of pyridine rings is 1. The van der Waals surface area contributed by atoms with Gasteiger partial charge in [-0.2, -0.15) is 5.26 Å². The molecule has 0 atom stereocenters. The van der Waals surface area contributed by atoms with Crippen LogP contribution < -0.4 is 0 Å². The van der Waals surface area contributed by atoms with Crippen LogP contribution in [0.4, 0.5) is 0 Å². The molecule has 12 heavy (non-hydrogen) atoms. The molecule has 0 saturated heterocycles. The SMILES string of the molecule is CC(C)(O)c1cncc(C#N)c1. The van der Waals surface area contributed by atoms with Crippen molar-refractivity contribution in [1.82, 2.24) is 4.98 Å². The third-order valence-corrected chi connectivity index (χ3v) is 1.57. The summed E-state index contributed by atoms with van der Waals surface area (Å²) in [5.74, 6) is 0. The second-order valence-electron chi connectivity index (χ2n) is 3.13. The minimum absolute atomic E-state index is 0.467. The van der Waals surface area contributed by atoms with Crippen LogP contribution in [0.25, 0.3) is 0 Å². The summed E-state index contributed by atoms with van der Waals surface area (Å²) in [6.45, 7) is 3.32. The topological polar surface area (TPSA) is 56.9 Å². The summed E-state index contributed by atoms with van der Waals surface area (Å²) in [4.78, 5) is 3.84. The molecule has 1 aromatic heterocycles. The lowest BCUT2D eigenvalue weighted by Crippen LogP contribution is -2.15. The number of rotatable bonds is 1. The van der Waals surface area contributed by atoms with Gasteiger partial charge >= 0.3 is 0 Å². The van der Waals surface area contributed by atoms with Crippen molar-refractivity contribution in [2.45, 2.75) is 19.4 Å². The van der Waals surface area contributed by atoms with Gasteiger partial charge in [-0.25, -0.2) is 0 Å². The van der Waals surface area contributed by atoms with Gasteiger partial charge in [-0.05, 0) is 19.9 Å². The number of nitriles is 1. The van der Waals surface area contributed by atoms with Gasteiger partial charge in [0.2, 0.25) is 0 Å². The lowest BCUT2D eigenvalue weighted by Gasteiger charge is -2.16. The highest BCUT2D eigenvalue weighted by Gasteiger charge is 2.16. The van der Waals surface area contributed by atoms with Crippen molar-refractivity contribution >= 4 is 0 Å². The molecule has 62 valence electrons. The highest BCUT2D eigenvalue weighted by Crippen LogP contribution is 2.18. The molecule has 1 aromatic rings. The predicted molar refractivity (Wildman–Crippen MR) is 44.2 cm³/mol. The molecule has 0 fully saturated rings. The van der Waals surface area contributed by atoms with Crippen LogP contribution in [0.15, 0.2) is 18.5 Å². The molecule has 0 aliphatic rings. The van der Waals surface area contributed by atoms with Gasteiger partial charge in [0, 0.05) is 18.0 Å². The summed E-state index contributed by atoms with van der Waals surface area (Å²) in [5.41, 5.74) is 0.191. The highest BCUT2D eigenvalue weighted by atomic mass is 16.3. The lowest BCUT2D eigenvalue weighted by molar-refractivity contribution is 0.0782. The first kappa shape index (κ1) is 8.69. The van der Waals surface area contributed by atoms with Gasteiger partial charge in [-0.1, -0.05) is 0 Å². The van der Waals surface area contributed by atoms with Crippen LogP contribution in [-0.4, -0.2) is 10.1 Å². The second kappa shape index (κ2) is 2.92. The van der Waals surface area contributed by atoms with E-state index >= 15 is 0 Å². The number of hydrogen-bond donors (Lipinski definition) is 1. The van der Waals surface area contributed by atoms with E-state index in [4.69, 9.17) is 5.26 Å². The molecule has 0 spiro atoms. The molecule has 0 unspecified atom stereocenters. The minimum atomic E-state index is -0.931. The van der Waals surface area contributed by atoms with Crippen molar-refractivity contribution in [1.29, 1.82) is 5.26 Å². The van der Waals surface area contributed by atoms with E-state index in [-0.39, 0.29) is 0 Å². The van der Waals surface area contributed by atoms with Crippen molar-refractivity contribution in [3.63, 3.8) is 0 Å². The Morgan fingerprint density at radius 1 is 1.50 bits per heavy atom. The number of aromatic nitrogens is 1. The van der Waals surface area contributed by atoms with Gasteiger partial charge in [0.1, 0.15) is 6.07 Å². The number of aliphatic hydroxyl groups is 1. The molecule has 1 heterocycles. The number of hydrogen-bond acceptors (Lipinski definition) is 3. The van der Waals surface area contributed by atoms with Gasteiger partial charge in [-0.15, -0.1) is 0 Å². The van der Waals surface area contributed by atoms with Crippen molar-refractivity contribution in [3.8, 4) is 6.07 Å². The smallest absolute Gasteiger partial charge is 0.101 e. The van der Waals surface area contributed by atoms with Crippen LogP contribution in [0.5, 0.6) is 0 Å². The van der Waals surface area contributed by atoms with Gasteiger partial charge in [0.25, 0.3) is 0 Å². The molecule has 0 aromatic carbocycles. The van der Waals surface area contributed by atoms with Crippen LogP contribution in [0, 0.1) is 11.3 Å². The third-order valence-electron chi connectivity index (χ3n) is 1.57. The van der Waals surface area contributed by atoms with Crippen LogP contribution in [-0.2, 0) is 5.60 Å². The summed E-state index contributed by atoms with van der Waals surface area (Å²) >= 11 is 0. The average molecular weight is 162 g/mol. The fourth-order valence-electron chi connectivity index (χ4n) is 0.836. The Bertz CT molecular complexity index is 320. The summed E-state index contributed by atoms with van der Waals surface area (Å²) < 4.78 is 0. The first-order chi connectivity index (χ1) is 5.54. The maximum Gasteiger partial charge on any atom is 0.101 e. The molecule has 3 nitrogen and oxygen atoms in total. The maximum absolute atomic E-state index is 9.56. The van der Waals surface area contributed by atoms with E-state index in [1.807, 2.05) is 6.07 Å². The standard InChI is InChI=1S/C9H10N2O/c1-9(2,12)8-3-7(4-10)5-11-6-8/h3,5-6,12H,1-2H3. The molecular weight excluding hydrogens is 152 g/mol. The first-order valence-electron chi connectivity index (χ1n) is 3.62. The Hall–Kier alpha value is -1.40. The molecule has 0 aliphatic heterocycles. The normalized spacial score (nSPS) is 10.8. The van der Waals surface area contributed by atoms with Crippen LogP contribution in [0.2, 0.25) is 0 Å². The van der Waals surface area contributed by atoms with Crippen molar-refractivity contribution < 1.29 is 5.11 Å². The Morgan fingerprint density at radius 3 is 2.67 bits per heavy atom. The minimum Gasteiger partial charge on any atom is -0.386 e. The van der Waals surface area contributed by atoms with E-state index < -0.39 is 5.60 Å². The van der Waals surface area contributed by atoms with Crippen LogP contribution >= 0.6 is 0 Å². The zero-order valence-electron chi connectivity index (χ0n) is 7.07. The monoisotopic (exact) mass is 162 g/mol. The summed E-state index contributed by atoms with van der Waals surface area (Å²) in [5, 5.41) is 18.1. The van der Waals surface area contributed by atoms with Crippen molar-refractivity contribution in [3.05, 3.63) is 29.6 Å². The fraction of sp³-hybridized carbons (Fsp3) is 0.333. The molecule has 0 bridgehead atoms. The summed E-state index contributed by atoms with van der Waals surface area (Å²) in [6, 6.07) is 3.60. The van der Waals surface area contributed by atoms with Crippen LogP contribution in [0.1, 0.15) is 25.0 Å². The molecule has 3 heteroatoms. The summed E-state index contributed by atoms with van der Waals surface area (Å²) in [6.07, 6.45) is 3.02. The Labute approximate surface area is 71.3 Å². The van der Waals surface area contributed by atoms with E-state index in [0.29, 0.717) is 11.1 Å². The Balaban J connectivity index is 3.13. The maximum atomic E-state index is 9.56. The van der Waals surface area contributed by atoms with E-state index in [1.54, 1.807) is 26.1 Å². The zero-order valence-corrected chi connectivity index (χ0v) is 7.07. The molecule has 0 saturated carbocycles. The van der Waals surface area contributed by atoms with Crippen molar-refractivity contribution in [2.24, 2.45) is 0 Å². The highest BCUT2D eigenvalue weighted by molar-refractivity contribution is 5.31. The van der Waals surface area contributed by atoms with Gasteiger partial charge in [0.05, 0.1) is 11.2 Å². The lowest BCUT2D eigenvalue weighted by atomic mass is 9.99. The molecule has 1 rings (SSSR count). The van der Waals surface area contributed by atoms with E-state index in [1.165, 1.54) is 6.20 Å². The predicted octanol–water partition coefficient (Wildman–Crippen LogP) is 1.18. The number of nitrogens with zero attached hydrogens (tertiary/aromatic N) is 2. The third kappa shape index (κ3) is 1.80. The van der Waals surface area contributed by atoms with Gasteiger partial charge < -0.3 is 5.11 Å². The van der Waals surface area contributed by atoms with Crippen molar-refractivity contribution in [2.75, 3.05) is 0 Å². The van der Waals surface area contributed by atoms with Crippen LogP contribution in [0.3, 0.4) is 0 Å². The quantitative estimate of drug-likeness (QED) is 0.674. The fourth-order valence-corrected chi connectivity index (χ4v) is 0.836. The second-order valence-corrected chi connectivity index (χ2v) is 3.13. The molecular formula is C9H10N2O. The molecule has 0 radical (unpaired) electrons. The largest absolute Gasteiger partial charge is 0.386 e. The average Bonchev–Trinajstić information content (AvgIpc) is 2.03. The van der Waals surface area contributed by atoms with E-state index in [0.717, 1.165) is 0 Å².